The van der Waals surface area contributed by atoms with Gasteiger partial charge in [-0.3, -0.25) is 9.78 Å². The van der Waals surface area contributed by atoms with Gasteiger partial charge in [0.05, 0.1) is 11.9 Å². The van der Waals surface area contributed by atoms with Crippen LogP contribution in [0.15, 0.2) is 30.7 Å². The lowest BCUT2D eigenvalue weighted by Gasteiger charge is -2.06. The molecule has 2 rings (SSSR count). The van der Waals surface area contributed by atoms with E-state index < -0.39 is 0 Å². The summed E-state index contributed by atoms with van der Waals surface area (Å²) in [4.78, 5) is 15.7. The number of amides is 1. The van der Waals surface area contributed by atoms with Crippen LogP contribution in [0, 0.1) is 0 Å². The first-order valence-electron chi connectivity index (χ1n) is 6.67. The second kappa shape index (κ2) is 6.81. The topological polar surface area (TPSA) is 71.8 Å². The fourth-order valence-corrected chi connectivity index (χ4v) is 1.82. The van der Waals surface area contributed by atoms with Crippen LogP contribution in [0.5, 0.6) is 0 Å². The first-order valence-corrected chi connectivity index (χ1v) is 6.67. The van der Waals surface area contributed by atoms with Crippen molar-refractivity contribution >= 4 is 5.91 Å². The van der Waals surface area contributed by atoms with Gasteiger partial charge in [-0.15, -0.1) is 0 Å². The standard InChI is InChI=1S/C14H19N5O/c1-3-5-16-8-11-7-12(10-17-9-11)19-6-4-13(18-19)14(20)15-2/h4,6-7,9-10,16H,3,5,8H2,1-2H3,(H,15,20). The molecule has 0 fully saturated rings. The minimum atomic E-state index is -0.197. The maximum absolute atomic E-state index is 11.5. The van der Waals surface area contributed by atoms with Crippen molar-refractivity contribution in [3.63, 3.8) is 0 Å². The number of hydrogen-bond acceptors (Lipinski definition) is 4. The predicted molar refractivity (Wildman–Crippen MR) is 76.7 cm³/mol. The smallest absolute Gasteiger partial charge is 0.271 e. The van der Waals surface area contributed by atoms with Crippen LogP contribution in [-0.2, 0) is 6.54 Å². The van der Waals surface area contributed by atoms with E-state index in [-0.39, 0.29) is 5.91 Å². The zero-order valence-electron chi connectivity index (χ0n) is 11.8. The van der Waals surface area contributed by atoms with Crippen molar-refractivity contribution in [2.75, 3.05) is 13.6 Å². The van der Waals surface area contributed by atoms with Gasteiger partial charge < -0.3 is 10.6 Å². The van der Waals surface area contributed by atoms with Crippen LogP contribution < -0.4 is 10.6 Å². The van der Waals surface area contributed by atoms with Crippen LogP contribution in [0.4, 0.5) is 0 Å². The van der Waals surface area contributed by atoms with Gasteiger partial charge in [0.15, 0.2) is 5.69 Å². The molecule has 0 aromatic carbocycles. The lowest BCUT2D eigenvalue weighted by atomic mass is 10.2. The largest absolute Gasteiger partial charge is 0.354 e. The van der Waals surface area contributed by atoms with E-state index in [1.807, 2.05) is 12.3 Å². The Balaban J connectivity index is 2.14. The average molecular weight is 273 g/mol. The molecule has 0 radical (unpaired) electrons. The summed E-state index contributed by atoms with van der Waals surface area (Å²) < 4.78 is 1.65. The fraction of sp³-hybridized carbons (Fsp3) is 0.357. The number of hydrogen-bond donors (Lipinski definition) is 2. The lowest BCUT2D eigenvalue weighted by Crippen LogP contribution is -2.18. The van der Waals surface area contributed by atoms with Gasteiger partial charge in [-0.1, -0.05) is 6.92 Å². The zero-order valence-corrected chi connectivity index (χ0v) is 11.8. The third-order valence-corrected chi connectivity index (χ3v) is 2.85. The van der Waals surface area contributed by atoms with Gasteiger partial charge in [0.1, 0.15) is 0 Å². The number of carbonyl (C=O) groups excluding carboxylic acids is 1. The number of carbonyl (C=O) groups is 1. The lowest BCUT2D eigenvalue weighted by molar-refractivity contribution is 0.0957. The molecule has 6 heteroatoms. The first-order chi connectivity index (χ1) is 9.74. The maximum Gasteiger partial charge on any atom is 0.271 e. The second-order valence-corrected chi connectivity index (χ2v) is 4.45. The molecule has 0 bridgehead atoms. The molecule has 2 aromatic rings. The van der Waals surface area contributed by atoms with Crippen LogP contribution in [0.25, 0.3) is 5.69 Å². The fourth-order valence-electron chi connectivity index (χ4n) is 1.82. The van der Waals surface area contributed by atoms with E-state index in [9.17, 15) is 4.79 Å². The Bertz CT molecular complexity index is 578. The highest BCUT2D eigenvalue weighted by molar-refractivity contribution is 5.91. The van der Waals surface area contributed by atoms with Crippen molar-refractivity contribution in [2.24, 2.45) is 0 Å². The molecule has 0 unspecified atom stereocenters. The molecule has 0 aliphatic heterocycles. The van der Waals surface area contributed by atoms with Crippen LogP contribution in [-0.4, -0.2) is 34.3 Å². The molecule has 106 valence electrons. The van der Waals surface area contributed by atoms with Gasteiger partial charge in [0.2, 0.25) is 0 Å². The summed E-state index contributed by atoms with van der Waals surface area (Å²) in [5.74, 6) is -0.197. The molecule has 0 saturated carbocycles. The summed E-state index contributed by atoms with van der Waals surface area (Å²) in [6.07, 6.45) is 6.41. The summed E-state index contributed by atoms with van der Waals surface area (Å²) in [6.45, 7) is 3.89. The van der Waals surface area contributed by atoms with E-state index in [0.717, 1.165) is 30.8 Å². The van der Waals surface area contributed by atoms with E-state index in [2.05, 4.69) is 27.6 Å². The molecular weight excluding hydrogens is 254 g/mol. The summed E-state index contributed by atoms with van der Waals surface area (Å²) >= 11 is 0. The van der Waals surface area contributed by atoms with E-state index in [1.165, 1.54) is 0 Å². The highest BCUT2D eigenvalue weighted by Crippen LogP contribution is 2.09. The summed E-state index contributed by atoms with van der Waals surface area (Å²) in [5, 5.41) is 10.1. The molecule has 2 heterocycles. The summed E-state index contributed by atoms with van der Waals surface area (Å²) in [7, 11) is 1.59. The van der Waals surface area contributed by atoms with Gasteiger partial charge in [-0.2, -0.15) is 5.10 Å². The van der Waals surface area contributed by atoms with Crippen molar-refractivity contribution in [1.29, 1.82) is 0 Å². The minimum Gasteiger partial charge on any atom is -0.354 e. The quantitative estimate of drug-likeness (QED) is 0.774. The Hall–Kier alpha value is -2.21. The number of nitrogens with one attached hydrogen (secondary N) is 2. The average Bonchev–Trinajstić information content (AvgIpc) is 2.97. The zero-order chi connectivity index (χ0) is 14.4. The van der Waals surface area contributed by atoms with Crippen molar-refractivity contribution < 1.29 is 4.79 Å². The van der Waals surface area contributed by atoms with E-state index in [4.69, 9.17) is 0 Å². The van der Waals surface area contributed by atoms with Gasteiger partial charge >= 0.3 is 0 Å². The van der Waals surface area contributed by atoms with Crippen molar-refractivity contribution in [3.05, 3.63) is 42.0 Å². The molecule has 1 amide bonds. The highest BCUT2D eigenvalue weighted by Gasteiger charge is 2.08. The van der Waals surface area contributed by atoms with E-state index >= 15 is 0 Å². The second-order valence-electron chi connectivity index (χ2n) is 4.45. The Kier molecular flexibility index (Phi) is 4.84. The molecule has 0 aliphatic carbocycles. The van der Waals surface area contributed by atoms with E-state index in [1.54, 1.807) is 30.2 Å². The van der Waals surface area contributed by atoms with Crippen molar-refractivity contribution in [3.8, 4) is 5.69 Å². The molecule has 2 aromatic heterocycles. The van der Waals surface area contributed by atoms with Crippen LogP contribution in [0.3, 0.4) is 0 Å². The Morgan fingerprint density at radius 1 is 1.40 bits per heavy atom. The first kappa shape index (κ1) is 14.2. The monoisotopic (exact) mass is 273 g/mol. The Morgan fingerprint density at radius 2 is 2.25 bits per heavy atom. The normalized spacial score (nSPS) is 10.5. The SMILES string of the molecule is CCCNCc1cncc(-n2ccc(C(=O)NC)n2)c1. The van der Waals surface area contributed by atoms with Gasteiger partial charge in [-0.25, -0.2) is 4.68 Å². The number of aromatic nitrogens is 3. The van der Waals surface area contributed by atoms with Crippen molar-refractivity contribution in [2.45, 2.75) is 19.9 Å². The molecule has 2 N–H and O–H groups in total. The molecule has 0 aliphatic rings. The number of rotatable bonds is 6. The Morgan fingerprint density at radius 3 is 3.00 bits per heavy atom. The van der Waals surface area contributed by atoms with Crippen molar-refractivity contribution in [1.82, 2.24) is 25.4 Å². The molecule has 0 atom stereocenters. The third kappa shape index (κ3) is 3.42. The highest BCUT2D eigenvalue weighted by atomic mass is 16.1. The van der Waals surface area contributed by atoms with Gasteiger partial charge in [-0.05, 0) is 30.7 Å². The predicted octanol–water partition coefficient (Wildman–Crippen LogP) is 1.13. The van der Waals surface area contributed by atoms with Gasteiger partial charge in [0.25, 0.3) is 5.91 Å². The summed E-state index contributed by atoms with van der Waals surface area (Å²) in [5.41, 5.74) is 2.32. The van der Waals surface area contributed by atoms with Crippen LogP contribution in [0.2, 0.25) is 0 Å². The van der Waals surface area contributed by atoms with E-state index in [0.29, 0.717) is 5.69 Å². The van der Waals surface area contributed by atoms with Crippen LogP contribution in [0.1, 0.15) is 29.4 Å². The number of nitrogens with zero attached hydrogens (tertiary/aromatic N) is 3. The number of pyridine rings is 1. The maximum atomic E-state index is 11.5. The molecule has 0 saturated heterocycles. The molecule has 6 nitrogen and oxygen atoms in total. The molecular formula is C14H19N5O. The summed E-state index contributed by atoms with van der Waals surface area (Å²) in [6, 6.07) is 3.69. The van der Waals surface area contributed by atoms with Crippen LogP contribution >= 0.6 is 0 Å². The van der Waals surface area contributed by atoms with Gasteiger partial charge in [0, 0.05) is 26.0 Å². The minimum absolute atomic E-state index is 0.197. The Labute approximate surface area is 118 Å². The molecule has 20 heavy (non-hydrogen) atoms. The third-order valence-electron chi connectivity index (χ3n) is 2.85. The molecule has 0 spiro atoms.